The minimum Gasteiger partial charge on any atom is -0.496 e. The van der Waals surface area contributed by atoms with Gasteiger partial charge in [-0.3, -0.25) is 0 Å². The highest BCUT2D eigenvalue weighted by atomic mass is 19.3. The number of benzene rings is 1. The normalized spacial score (nSPS) is 10.9. The summed E-state index contributed by atoms with van der Waals surface area (Å²) in [4.78, 5) is 0. The van der Waals surface area contributed by atoms with Gasteiger partial charge in [-0.25, -0.2) is 0 Å². The molecule has 1 rings (SSSR count). The fraction of sp³-hybridized carbons (Fsp3) is 0.364. The topological polar surface area (TPSA) is 33.0 Å². The molecule has 0 bridgehead atoms. The van der Waals surface area contributed by atoms with E-state index in [9.17, 15) is 8.78 Å². The third-order valence-electron chi connectivity index (χ3n) is 2.10. The van der Waals surface area contributed by atoms with Crippen molar-refractivity contribution in [2.75, 3.05) is 7.11 Å². The van der Waals surface area contributed by atoms with Gasteiger partial charge in [0.15, 0.2) is 0 Å². The van der Waals surface area contributed by atoms with Gasteiger partial charge in [0, 0.05) is 0 Å². The Morgan fingerprint density at radius 1 is 1.33 bits per heavy atom. The Balaban J connectivity index is 3.47. The van der Waals surface area contributed by atoms with Crippen LogP contribution in [-0.4, -0.2) is 7.11 Å². The number of nitrogens with zero attached hydrogens (tertiary/aromatic N) is 1. The lowest BCUT2D eigenvalue weighted by Gasteiger charge is -2.15. The summed E-state index contributed by atoms with van der Waals surface area (Å²) in [5.41, 5.74) is 0.908. The third kappa shape index (κ3) is 2.07. The predicted molar refractivity (Wildman–Crippen MR) is 52.0 cm³/mol. The van der Waals surface area contributed by atoms with Crippen LogP contribution in [0.5, 0.6) is 5.75 Å². The Labute approximate surface area is 87.1 Å². The van der Waals surface area contributed by atoms with E-state index in [0.29, 0.717) is 11.1 Å². The van der Waals surface area contributed by atoms with Gasteiger partial charge in [0.25, 0.3) is 0 Å². The summed E-state index contributed by atoms with van der Waals surface area (Å²) in [6.07, 6.45) is 0. The predicted octanol–water partition coefficient (Wildman–Crippen LogP) is 2.93. The fourth-order valence-electron chi connectivity index (χ4n) is 1.52. The number of nitriles is 1. The highest BCUT2D eigenvalue weighted by Gasteiger charge is 2.35. The molecule has 0 aliphatic heterocycles. The molecule has 2 nitrogen and oxygen atoms in total. The minimum atomic E-state index is -3.51. The molecule has 1 aromatic rings. The van der Waals surface area contributed by atoms with Crippen molar-refractivity contribution in [3.05, 3.63) is 28.8 Å². The highest BCUT2D eigenvalue weighted by molar-refractivity contribution is 5.47. The van der Waals surface area contributed by atoms with Crippen molar-refractivity contribution in [3.8, 4) is 11.8 Å². The number of hydrogen-bond acceptors (Lipinski definition) is 2. The minimum absolute atomic E-state index is 0.0761. The average molecular weight is 211 g/mol. The number of hydrogen-bond donors (Lipinski definition) is 0. The largest absolute Gasteiger partial charge is 0.496 e. The Hall–Kier alpha value is -1.63. The lowest BCUT2D eigenvalue weighted by molar-refractivity contribution is 0.0582. The molecule has 0 aliphatic carbocycles. The maximum atomic E-state index is 13.3. The second-order valence-electron chi connectivity index (χ2n) is 3.35. The van der Waals surface area contributed by atoms with Crippen molar-refractivity contribution < 1.29 is 13.5 Å². The van der Waals surface area contributed by atoms with Crippen molar-refractivity contribution in [1.29, 1.82) is 5.26 Å². The van der Waals surface area contributed by atoms with E-state index in [0.717, 1.165) is 6.07 Å². The Morgan fingerprint density at radius 2 is 1.93 bits per heavy atom. The van der Waals surface area contributed by atoms with E-state index >= 15 is 0 Å². The molecule has 0 N–H and O–H groups in total. The van der Waals surface area contributed by atoms with E-state index in [4.69, 9.17) is 10.00 Å². The van der Waals surface area contributed by atoms with Crippen LogP contribution >= 0.6 is 0 Å². The Morgan fingerprint density at radius 3 is 2.40 bits per heavy atom. The van der Waals surface area contributed by atoms with Crippen molar-refractivity contribution in [3.63, 3.8) is 0 Å². The summed E-state index contributed by atoms with van der Waals surface area (Å²) in [7, 11) is 1.31. The smallest absolute Gasteiger partial charge is 0.360 e. The van der Waals surface area contributed by atoms with E-state index < -0.39 is 5.92 Å². The number of methoxy groups -OCH3 is 1. The van der Waals surface area contributed by atoms with Crippen LogP contribution in [0.2, 0.25) is 0 Å². The van der Waals surface area contributed by atoms with Gasteiger partial charge in [0.05, 0.1) is 12.7 Å². The third-order valence-corrected chi connectivity index (χ3v) is 2.10. The van der Waals surface area contributed by atoms with Crippen molar-refractivity contribution in [2.24, 2.45) is 0 Å². The molecule has 0 atom stereocenters. The van der Waals surface area contributed by atoms with Crippen LogP contribution in [0.4, 0.5) is 8.78 Å². The molecule has 4 heteroatoms. The molecule has 1 aromatic carbocycles. The lowest BCUT2D eigenvalue weighted by atomic mass is 10.0. The summed E-state index contributed by atoms with van der Waals surface area (Å²) in [6.45, 7) is 3.37. The summed E-state index contributed by atoms with van der Waals surface area (Å²) < 4.78 is 31.4. The first-order valence-corrected chi connectivity index (χ1v) is 4.37. The zero-order valence-corrected chi connectivity index (χ0v) is 8.77. The van der Waals surface area contributed by atoms with E-state index in [1.807, 2.05) is 0 Å². The van der Waals surface area contributed by atoms with Crippen LogP contribution in [0.15, 0.2) is 12.1 Å². The Bertz CT molecular complexity index is 421. The molecule has 0 fully saturated rings. The molecule has 15 heavy (non-hydrogen) atoms. The highest BCUT2D eigenvalue weighted by Crippen LogP contribution is 2.37. The van der Waals surface area contributed by atoms with Crippen LogP contribution < -0.4 is 4.74 Å². The molecule has 0 unspecified atom stereocenters. The number of ether oxygens (including phenoxy) is 1. The zero-order chi connectivity index (χ0) is 11.6. The van der Waals surface area contributed by atoms with Crippen LogP contribution in [0.25, 0.3) is 0 Å². The standard InChI is InChI=1S/C11H11F2NO/c1-7-4-8(2)10(15-3)9(5-7)11(12,13)6-14/h4-5H,1-3H3. The number of rotatable bonds is 2. The summed E-state index contributed by atoms with van der Waals surface area (Å²) in [6, 6.07) is 3.98. The molecule has 80 valence electrons. The first kappa shape index (κ1) is 11.4. The van der Waals surface area contributed by atoms with Gasteiger partial charge in [0.1, 0.15) is 11.8 Å². The average Bonchev–Trinajstić information content (AvgIpc) is 2.16. The molecule has 0 aliphatic rings. The monoisotopic (exact) mass is 211 g/mol. The van der Waals surface area contributed by atoms with Gasteiger partial charge in [0.2, 0.25) is 0 Å². The van der Waals surface area contributed by atoms with E-state index in [1.54, 1.807) is 19.9 Å². The first-order chi connectivity index (χ1) is 6.92. The molecule has 0 saturated heterocycles. The van der Waals surface area contributed by atoms with E-state index in [2.05, 4.69) is 0 Å². The van der Waals surface area contributed by atoms with Crippen LogP contribution in [0.1, 0.15) is 16.7 Å². The van der Waals surface area contributed by atoms with Crippen LogP contribution in [0, 0.1) is 25.2 Å². The maximum absolute atomic E-state index is 13.3. The second-order valence-corrected chi connectivity index (χ2v) is 3.35. The molecule has 0 aromatic heterocycles. The first-order valence-electron chi connectivity index (χ1n) is 4.37. The van der Waals surface area contributed by atoms with Crippen LogP contribution in [0.3, 0.4) is 0 Å². The molecule has 0 saturated carbocycles. The second kappa shape index (κ2) is 3.85. The summed E-state index contributed by atoms with van der Waals surface area (Å²) in [5.74, 6) is -3.44. The van der Waals surface area contributed by atoms with Crippen LogP contribution in [-0.2, 0) is 5.92 Å². The number of alkyl halides is 2. The van der Waals surface area contributed by atoms with Crippen molar-refractivity contribution in [2.45, 2.75) is 19.8 Å². The van der Waals surface area contributed by atoms with E-state index in [-0.39, 0.29) is 11.3 Å². The molecular weight excluding hydrogens is 200 g/mol. The van der Waals surface area contributed by atoms with Gasteiger partial charge in [-0.1, -0.05) is 11.6 Å². The lowest BCUT2D eigenvalue weighted by Crippen LogP contribution is -2.12. The van der Waals surface area contributed by atoms with Gasteiger partial charge in [-0.2, -0.15) is 14.0 Å². The molecule has 0 amide bonds. The number of halogens is 2. The van der Waals surface area contributed by atoms with Gasteiger partial charge in [-0.15, -0.1) is 0 Å². The summed E-state index contributed by atoms with van der Waals surface area (Å²) in [5, 5.41) is 8.39. The molecular formula is C11H11F2NO. The van der Waals surface area contributed by atoms with E-state index in [1.165, 1.54) is 13.2 Å². The molecule has 0 heterocycles. The summed E-state index contributed by atoms with van der Waals surface area (Å²) >= 11 is 0. The molecule has 0 spiro atoms. The van der Waals surface area contributed by atoms with Crippen molar-refractivity contribution >= 4 is 0 Å². The SMILES string of the molecule is COc1c(C)cc(C)cc1C(F)(F)C#N. The quantitative estimate of drug-likeness (QED) is 0.753. The van der Waals surface area contributed by atoms with Crippen molar-refractivity contribution in [1.82, 2.24) is 0 Å². The zero-order valence-electron chi connectivity index (χ0n) is 8.77. The number of aryl methyl sites for hydroxylation is 2. The van der Waals surface area contributed by atoms with Gasteiger partial charge in [-0.05, 0) is 25.5 Å². The van der Waals surface area contributed by atoms with Gasteiger partial charge >= 0.3 is 5.92 Å². The van der Waals surface area contributed by atoms with Gasteiger partial charge < -0.3 is 4.74 Å². The fourth-order valence-corrected chi connectivity index (χ4v) is 1.52. The Kier molecular flexibility index (Phi) is 2.94. The molecule has 0 radical (unpaired) electrons. The maximum Gasteiger partial charge on any atom is 0.360 e.